The molecular formula is C22H23N3O4S. The molecule has 1 saturated heterocycles. The molecule has 2 heterocycles. The van der Waals surface area contributed by atoms with Crippen LogP contribution in [-0.4, -0.2) is 41.1 Å². The van der Waals surface area contributed by atoms with E-state index in [9.17, 15) is 13.2 Å². The number of para-hydroxylation sites is 1. The van der Waals surface area contributed by atoms with E-state index in [0.717, 1.165) is 16.8 Å². The third-order valence-corrected chi connectivity index (χ3v) is 7.06. The minimum absolute atomic E-state index is 0.0422. The van der Waals surface area contributed by atoms with Crippen LogP contribution in [0.3, 0.4) is 0 Å². The van der Waals surface area contributed by atoms with Crippen molar-refractivity contribution in [2.45, 2.75) is 37.3 Å². The van der Waals surface area contributed by atoms with Crippen LogP contribution in [0, 0.1) is 6.92 Å². The zero-order valence-corrected chi connectivity index (χ0v) is 17.5. The third kappa shape index (κ3) is 4.15. The van der Waals surface area contributed by atoms with Crippen LogP contribution in [0.5, 0.6) is 0 Å². The maximum atomic E-state index is 13.0. The number of carbonyl (C=O) groups is 1. The first-order valence-corrected chi connectivity index (χ1v) is 11.2. The van der Waals surface area contributed by atoms with Crippen molar-refractivity contribution in [1.82, 2.24) is 14.1 Å². The fraction of sp³-hybridized carbons (Fsp3) is 0.273. The van der Waals surface area contributed by atoms with Crippen molar-refractivity contribution in [2.24, 2.45) is 0 Å². The van der Waals surface area contributed by atoms with Gasteiger partial charge < -0.3 is 4.74 Å². The number of aromatic nitrogens is 2. The number of hydrogen-bond acceptors (Lipinski definition) is 5. The van der Waals surface area contributed by atoms with Gasteiger partial charge in [-0.2, -0.15) is 9.40 Å². The van der Waals surface area contributed by atoms with E-state index >= 15 is 0 Å². The number of nitrogens with zero attached hydrogens (tertiary/aromatic N) is 3. The molecule has 3 aromatic rings. The molecule has 2 aromatic carbocycles. The number of sulfonamides is 1. The molecule has 0 N–H and O–H groups in total. The molecule has 0 radical (unpaired) electrons. The Hall–Kier alpha value is -2.97. The number of rotatable bonds is 6. The van der Waals surface area contributed by atoms with E-state index in [1.165, 1.54) is 4.31 Å². The Labute approximate surface area is 175 Å². The topological polar surface area (TPSA) is 81.5 Å². The maximum Gasteiger partial charge on any atom is 0.324 e. The predicted octanol–water partition coefficient (Wildman–Crippen LogP) is 3.08. The van der Waals surface area contributed by atoms with Gasteiger partial charge in [0.05, 0.1) is 16.8 Å². The molecule has 0 spiro atoms. The zero-order valence-electron chi connectivity index (χ0n) is 16.6. The molecule has 8 heteroatoms. The average Bonchev–Trinajstić information content (AvgIpc) is 3.43. The van der Waals surface area contributed by atoms with Gasteiger partial charge in [-0.25, -0.2) is 13.1 Å². The summed E-state index contributed by atoms with van der Waals surface area (Å²) in [5.74, 6) is -0.532. The molecule has 0 saturated carbocycles. The van der Waals surface area contributed by atoms with Crippen LogP contribution in [-0.2, 0) is 26.2 Å². The number of aryl methyl sites for hydroxylation is 1. The first kappa shape index (κ1) is 20.3. The molecule has 0 amide bonds. The summed E-state index contributed by atoms with van der Waals surface area (Å²) in [4.78, 5) is 12.9. The first-order valence-electron chi connectivity index (χ1n) is 9.79. The number of benzene rings is 2. The van der Waals surface area contributed by atoms with Gasteiger partial charge in [-0.15, -0.1) is 0 Å². The maximum absolute atomic E-state index is 13.0. The van der Waals surface area contributed by atoms with Crippen LogP contribution in [0.4, 0.5) is 0 Å². The van der Waals surface area contributed by atoms with Crippen molar-refractivity contribution in [3.05, 3.63) is 78.1 Å². The van der Waals surface area contributed by atoms with Crippen LogP contribution in [0.15, 0.2) is 71.9 Å². The molecule has 1 fully saturated rings. The van der Waals surface area contributed by atoms with Crippen molar-refractivity contribution in [3.63, 3.8) is 0 Å². The minimum Gasteiger partial charge on any atom is -0.460 e. The van der Waals surface area contributed by atoms with Gasteiger partial charge in [-0.3, -0.25) is 4.79 Å². The van der Waals surface area contributed by atoms with Crippen molar-refractivity contribution in [3.8, 4) is 5.69 Å². The molecule has 4 rings (SSSR count). The second-order valence-corrected chi connectivity index (χ2v) is 9.21. The molecule has 0 bridgehead atoms. The molecule has 1 atom stereocenters. The highest BCUT2D eigenvalue weighted by atomic mass is 32.2. The average molecular weight is 426 g/mol. The van der Waals surface area contributed by atoms with Gasteiger partial charge in [0.25, 0.3) is 0 Å². The first-order chi connectivity index (χ1) is 14.4. The smallest absolute Gasteiger partial charge is 0.324 e. The lowest BCUT2D eigenvalue weighted by molar-refractivity contribution is -0.148. The van der Waals surface area contributed by atoms with Crippen molar-refractivity contribution in [2.75, 3.05) is 6.54 Å². The molecule has 1 aliphatic rings. The summed E-state index contributed by atoms with van der Waals surface area (Å²) in [7, 11) is -3.75. The van der Waals surface area contributed by atoms with Gasteiger partial charge in [0.15, 0.2) is 0 Å². The summed E-state index contributed by atoms with van der Waals surface area (Å²) in [6, 6.07) is 15.5. The molecule has 0 aliphatic carbocycles. The van der Waals surface area contributed by atoms with Gasteiger partial charge in [-0.1, -0.05) is 35.9 Å². The van der Waals surface area contributed by atoms with E-state index in [4.69, 9.17) is 4.74 Å². The second kappa shape index (κ2) is 8.41. The Kier molecular flexibility index (Phi) is 5.69. The fourth-order valence-corrected chi connectivity index (χ4v) is 5.16. The van der Waals surface area contributed by atoms with E-state index in [1.54, 1.807) is 41.3 Å². The van der Waals surface area contributed by atoms with Gasteiger partial charge in [0.2, 0.25) is 10.0 Å². The summed E-state index contributed by atoms with van der Waals surface area (Å²) in [5.41, 5.74) is 2.61. The number of esters is 1. The monoisotopic (exact) mass is 425 g/mol. The van der Waals surface area contributed by atoms with E-state index in [1.807, 2.05) is 37.3 Å². The number of ether oxygens (including phenoxy) is 1. The Morgan fingerprint density at radius 1 is 1.13 bits per heavy atom. The number of hydrogen-bond donors (Lipinski definition) is 0. The Morgan fingerprint density at radius 3 is 2.60 bits per heavy atom. The highest BCUT2D eigenvalue weighted by Crippen LogP contribution is 2.27. The van der Waals surface area contributed by atoms with Crippen LogP contribution in [0.1, 0.15) is 24.0 Å². The van der Waals surface area contributed by atoms with E-state index < -0.39 is 22.0 Å². The van der Waals surface area contributed by atoms with E-state index in [0.29, 0.717) is 19.4 Å². The Balaban J connectivity index is 1.43. The Bertz CT molecular complexity index is 1120. The summed E-state index contributed by atoms with van der Waals surface area (Å²) in [6.45, 7) is 2.24. The number of carbonyl (C=O) groups excluding carboxylic acids is 1. The van der Waals surface area contributed by atoms with Crippen molar-refractivity contribution in [1.29, 1.82) is 0 Å². The van der Waals surface area contributed by atoms with E-state index in [2.05, 4.69) is 5.10 Å². The van der Waals surface area contributed by atoms with Crippen molar-refractivity contribution >= 4 is 16.0 Å². The molecule has 1 aliphatic heterocycles. The van der Waals surface area contributed by atoms with Gasteiger partial charge >= 0.3 is 5.97 Å². The summed E-state index contributed by atoms with van der Waals surface area (Å²) >= 11 is 0. The minimum atomic E-state index is -3.75. The van der Waals surface area contributed by atoms with Gasteiger partial charge in [0, 0.05) is 18.3 Å². The lowest BCUT2D eigenvalue weighted by Gasteiger charge is -2.22. The quantitative estimate of drug-likeness (QED) is 0.567. The van der Waals surface area contributed by atoms with Crippen molar-refractivity contribution < 1.29 is 17.9 Å². The zero-order chi connectivity index (χ0) is 21.1. The largest absolute Gasteiger partial charge is 0.460 e. The highest BCUT2D eigenvalue weighted by Gasteiger charge is 2.40. The summed E-state index contributed by atoms with van der Waals surface area (Å²) < 4.78 is 34.4. The predicted molar refractivity (Wildman–Crippen MR) is 111 cm³/mol. The molecule has 156 valence electrons. The lowest BCUT2D eigenvalue weighted by Crippen LogP contribution is -2.41. The normalized spacial score (nSPS) is 17.2. The summed E-state index contributed by atoms with van der Waals surface area (Å²) in [5, 5.41) is 4.28. The molecule has 1 aromatic heterocycles. The Morgan fingerprint density at radius 2 is 1.87 bits per heavy atom. The molecule has 30 heavy (non-hydrogen) atoms. The van der Waals surface area contributed by atoms with Crippen LogP contribution in [0.2, 0.25) is 0 Å². The SMILES string of the molecule is Cc1ccc(S(=O)(=O)N2CCC[C@H]2C(=O)OCc2cnn(-c3ccccc3)c2)cc1. The molecule has 7 nitrogen and oxygen atoms in total. The van der Waals surface area contributed by atoms with Gasteiger partial charge in [-0.05, 0) is 44.0 Å². The van der Waals surface area contributed by atoms with Crippen LogP contribution in [0.25, 0.3) is 5.69 Å². The van der Waals surface area contributed by atoms with Gasteiger partial charge in [0.1, 0.15) is 12.6 Å². The van der Waals surface area contributed by atoms with Crippen LogP contribution >= 0.6 is 0 Å². The lowest BCUT2D eigenvalue weighted by atomic mass is 10.2. The second-order valence-electron chi connectivity index (χ2n) is 7.32. The fourth-order valence-electron chi connectivity index (χ4n) is 3.52. The highest BCUT2D eigenvalue weighted by molar-refractivity contribution is 7.89. The molecular weight excluding hydrogens is 402 g/mol. The molecule has 0 unspecified atom stereocenters. The standard InChI is InChI=1S/C22H23N3O4S/c1-17-9-11-20(12-10-17)30(27,28)25-13-5-8-21(25)22(26)29-16-18-14-23-24(15-18)19-6-3-2-4-7-19/h2-4,6-7,9-12,14-15,21H,5,8,13,16H2,1H3/t21-/m0/s1. The summed E-state index contributed by atoms with van der Waals surface area (Å²) in [6.07, 6.45) is 4.50. The van der Waals surface area contributed by atoms with E-state index in [-0.39, 0.29) is 11.5 Å². The third-order valence-electron chi connectivity index (χ3n) is 5.14. The van der Waals surface area contributed by atoms with Crippen LogP contribution < -0.4 is 0 Å².